The molecule has 19 heavy (non-hydrogen) atoms. The van der Waals surface area contributed by atoms with Crippen LogP contribution in [0.1, 0.15) is 20.7 Å². The maximum atomic E-state index is 12.0. The molecule has 1 aromatic carbocycles. The van der Waals surface area contributed by atoms with Crippen LogP contribution in [0.25, 0.3) is 0 Å². The molecule has 0 radical (unpaired) electrons. The number of fused-ring (bicyclic) bond motifs is 1. The number of benzene rings is 1. The molecule has 0 unspecified atom stereocenters. The van der Waals surface area contributed by atoms with Crippen LogP contribution in [0, 0.1) is 0 Å². The number of carbonyl (C=O) groups is 3. The molecule has 6 heteroatoms. The smallest absolute Gasteiger partial charge is 0.326 e. The van der Waals surface area contributed by atoms with Crippen LogP contribution >= 0.6 is 11.8 Å². The maximum absolute atomic E-state index is 12.0. The summed E-state index contributed by atoms with van der Waals surface area (Å²) in [6, 6.07) is 6.53. The van der Waals surface area contributed by atoms with Crippen molar-refractivity contribution in [2.24, 2.45) is 0 Å². The molecule has 0 saturated heterocycles. The van der Waals surface area contributed by atoms with Gasteiger partial charge in [0.2, 0.25) is 0 Å². The van der Waals surface area contributed by atoms with Gasteiger partial charge in [-0.15, -0.1) is 0 Å². The third kappa shape index (κ3) is 2.78. The number of hydrogen-bond donors (Lipinski definition) is 0. The van der Waals surface area contributed by atoms with E-state index in [0.717, 1.165) is 4.90 Å². The lowest BCUT2D eigenvalue weighted by Crippen LogP contribution is -2.35. The van der Waals surface area contributed by atoms with Gasteiger partial charge in [-0.3, -0.25) is 19.3 Å². The Hall–Kier alpha value is -1.82. The van der Waals surface area contributed by atoms with E-state index in [0.29, 0.717) is 16.9 Å². The molecule has 0 spiro atoms. The summed E-state index contributed by atoms with van der Waals surface area (Å²) in [4.78, 5) is 36.4. The van der Waals surface area contributed by atoms with Crippen molar-refractivity contribution in [2.45, 2.75) is 0 Å². The normalized spacial score (nSPS) is 13.6. The number of rotatable bonds is 5. The van der Waals surface area contributed by atoms with Crippen LogP contribution < -0.4 is 0 Å². The van der Waals surface area contributed by atoms with Crippen LogP contribution in [0.3, 0.4) is 0 Å². The van der Waals surface area contributed by atoms with Crippen molar-refractivity contribution in [2.75, 3.05) is 25.2 Å². The van der Waals surface area contributed by atoms with Crippen LogP contribution in [0.5, 0.6) is 0 Å². The highest BCUT2D eigenvalue weighted by atomic mass is 32.2. The largest absolute Gasteiger partial charge is 0.463 e. The van der Waals surface area contributed by atoms with Gasteiger partial charge in [-0.2, -0.15) is 11.8 Å². The molecule has 2 amide bonds. The molecule has 0 atom stereocenters. The standard InChI is InChI=1S/C13H13NO4S/c1-19-7-6-18-11(15)8-14-12(16)9-4-2-3-5-10(9)13(14)17/h2-5H,6-8H2,1H3. The summed E-state index contributed by atoms with van der Waals surface area (Å²) < 4.78 is 4.93. The van der Waals surface area contributed by atoms with Gasteiger partial charge in [0.05, 0.1) is 11.1 Å². The van der Waals surface area contributed by atoms with Gasteiger partial charge >= 0.3 is 5.97 Å². The molecule has 100 valence electrons. The summed E-state index contributed by atoms with van der Waals surface area (Å²) in [5, 5.41) is 0. The summed E-state index contributed by atoms with van der Waals surface area (Å²) in [5.74, 6) is -0.762. The van der Waals surface area contributed by atoms with E-state index >= 15 is 0 Å². The molecule has 2 rings (SSSR count). The molecule has 0 bridgehead atoms. The van der Waals surface area contributed by atoms with E-state index in [1.165, 1.54) is 0 Å². The second-order valence-corrected chi connectivity index (χ2v) is 4.94. The fourth-order valence-electron chi connectivity index (χ4n) is 1.80. The summed E-state index contributed by atoms with van der Waals surface area (Å²) in [6.45, 7) is -0.0517. The zero-order valence-corrected chi connectivity index (χ0v) is 11.2. The van der Waals surface area contributed by atoms with Crippen molar-refractivity contribution >= 4 is 29.5 Å². The van der Waals surface area contributed by atoms with Crippen molar-refractivity contribution in [3.63, 3.8) is 0 Å². The van der Waals surface area contributed by atoms with E-state index in [4.69, 9.17) is 4.74 Å². The molecule has 0 saturated carbocycles. The Kier molecular flexibility index (Phi) is 4.21. The minimum Gasteiger partial charge on any atom is -0.463 e. The molecule has 1 aromatic rings. The highest BCUT2D eigenvalue weighted by molar-refractivity contribution is 7.98. The van der Waals surface area contributed by atoms with E-state index in [2.05, 4.69) is 0 Å². The van der Waals surface area contributed by atoms with Crippen LogP contribution in [0.2, 0.25) is 0 Å². The summed E-state index contributed by atoms with van der Waals surface area (Å²) in [7, 11) is 0. The van der Waals surface area contributed by atoms with E-state index in [1.807, 2.05) is 6.26 Å². The highest BCUT2D eigenvalue weighted by Gasteiger charge is 2.36. The van der Waals surface area contributed by atoms with Crippen molar-refractivity contribution in [3.8, 4) is 0 Å². The number of carbonyl (C=O) groups excluding carboxylic acids is 3. The SMILES string of the molecule is CSCCOC(=O)CN1C(=O)c2ccccc2C1=O. The number of hydrogen-bond acceptors (Lipinski definition) is 5. The number of ether oxygens (including phenoxy) is 1. The first-order chi connectivity index (χ1) is 9.15. The molecular formula is C13H13NO4S. The predicted molar refractivity (Wildman–Crippen MR) is 71.2 cm³/mol. The topological polar surface area (TPSA) is 63.7 Å². The minimum absolute atomic E-state index is 0.281. The quantitative estimate of drug-likeness (QED) is 0.460. The molecule has 1 aliphatic rings. The Morgan fingerprint density at radius 3 is 2.32 bits per heavy atom. The number of imide groups is 1. The van der Waals surface area contributed by atoms with Crippen LogP contribution in [0.15, 0.2) is 24.3 Å². The Labute approximate surface area is 114 Å². The maximum Gasteiger partial charge on any atom is 0.326 e. The Bertz CT molecular complexity index is 494. The number of esters is 1. The third-order valence-corrected chi connectivity index (χ3v) is 3.29. The van der Waals surface area contributed by atoms with Gasteiger partial charge in [-0.1, -0.05) is 12.1 Å². The van der Waals surface area contributed by atoms with E-state index in [1.54, 1.807) is 36.0 Å². The fourth-order valence-corrected chi connectivity index (χ4v) is 2.05. The zero-order chi connectivity index (χ0) is 13.8. The second kappa shape index (κ2) is 5.88. The number of amides is 2. The van der Waals surface area contributed by atoms with Crippen molar-refractivity contribution in [1.82, 2.24) is 4.90 Å². The molecule has 0 fully saturated rings. The van der Waals surface area contributed by atoms with Gasteiger partial charge in [0.15, 0.2) is 0 Å². The van der Waals surface area contributed by atoms with Gasteiger partial charge in [-0.05, 0) is 18.4 Å². The van der Waals surface area contributed by atoms with Crippen LogP contribution in [0.4, 0.5) is 0 Å². The lowest BCUT2D eigenvalue weighted by atomic mass is 10.1. The molecular weight excluding hydrogens is 266 g/mol. The van der Waals surface area contributed by atoms with Gasteiger partial charge < -0.3 is 4.74 Å². The Morgan fingerprint density at radius 1 is 1.21 bits per heavy atom. The molecule has 1 aliphatic heterocycles. The number of thioether (sulfide) groups is 1. The molecule has 0 N–H and O–H groups in total. The molecule has 0 aromatic heterocycles. The zero-order valence-electron chi connectivity index (χ0n) is 10.4. The van der Waals surface area contributed by atoms with E-state index in [-0.39, 0.29) is 13.2 Å². The lowest BCUT2D eigenvalue weighted by Gasteiger charge is -2.12. The average Bonchev–Trinajstić information content (AvgIpc) is 2.65. The Morgan fingerprint density at radius 2 is 1.79 bits per heavy atom. The first-order valence-electron chi connectivity index (χ1n) is 5.75. The number of nitrogens with zero attached hydrogens (tertiary/aromatic N) is 1. The van der Waals surface area contributed by atoms with E-state index < -0.39 is 17.8 Å². The van der Waals surface area contributed by atoms with Gasteiger partial charge in [0, 0.05) is 5.75 Å². The molecule has 1 heterocycles. The van der Waals surface area contributed by atoms with E-state index in [9.17, 15) is 14.4 Å². The monoisotopic (exact) mass is 279 g/mol. The lowest BCUT2D eigenvalue weighted by molar-refractivity contribution is -0.143. The van der Waals surface area contributed by atoms with Crippen LogP contribution in [-0.2, 0) is 9.53 Å². The van der Waals surface area contributed by atoms with Gasteiger partial charge in [0.1, 0.15) is 13.2 Å². The molecule has 5 nitrogen and oxygen atoms in total. The Balaban J connectivity index is 2.02. The molecule has 0 aliphatic carbocycles. The average molecular weight is 279 g/mol. The summed E-state index contributed by atoms with van der Waals surface area (Å²) >= 11 is 1.55. The van der Waals surface area contributed by atoms with Gasteiger partial charge in [0.25, 0.3) is 11.8 Å². The second-order valence-electron chi connectivity index (χ2n) is 3.96. The fraction of sp³-hybridized carbons (Fsp3) is 0.308. The van der Waals surface area contributed by atoms with Gasteiger partial charge in [-0.25, -0.2) is 0 Å². The first kappa shape index (κ1) is 13.6. The minimum atomic E-state index is -0.566. The van der Waals surface area contributed by atoms with Crippen molar-refractivity contribution in [3.05, 3.63) is 35.4 Å². The van der Waals surface area contributed by atoms with Crippen molar-refractivity contribution in [1.29, 1.82) is 0 Å². The highest BCUT2D eigenvalue weighted by Crippen LogP contribution is 2.21. The van der Waals surface area contributed by atoms with Crippen LogP contribution in [-0.4, -0.2) is 47.8 Å². The first-order valence-corrected chi connectivity index (χ1v) is 7.14. The third-order valence-electron chi connectivity index (χ3n) is 2.72. The van der Waals surface area contributed by atoms with Crippen molar-refractivity contribution < 1.29 is 19.1 Å². The summed E-state index contributed by atoms with van der Waals surface area (Å²) in [5.41, 5.74) is 0.675. The summed E-state index contributed by atoms with van der Waals surface area (Å²) in [6.07, 6.45) is 1.90. The predicted octanol–water partition coefficient (Wildman–Crippen LogP) is 1.19.